The van der Waals surface area contributed by atoms with Crippen molar-refractivity contribution in [2.75, 3.05) is 6.54 Å². The fraction of sp³-hybridized carbons (Fsp3) is 0.333. The Hall–Kier alpha value is -3.64. The van der Waals surface area contributed by atoms with Gasteiger partial charge in [-0.25, -0.2) is 4.39 Å². The van der Waals surface area contributed by atoms with Crippen molar-refractivity contribution in [3.8, 4) is 0 Å². The van der Waals surface area contributed by atoms with E-state index in [1.807, 2.05) is 53.6 Å². The molecular formula is C33H32ClFN4O. The molecule has 1 N–H and O–H groups in total. The lowest BCUT2D eigenvalue weighted by molar-refractivity contribution is -0.134. The molecule has 7 heteroatoms. The number of hydrazone groups is 1. The van der Waals surface area contributed by atoms with Gasteiger partial charge in [-0.05, 0) is 66.3 Å². The number of H-pyrrole nitrogens is 1. The summed E-state index contributed by atoms with van der Waals surface area (Å²) in [5.41, 5.74) is 4.93. The minimum absolute atomic E-state index is 0.0809. The number of amides is 1. The highest BCUT2D eigenvalue weighted by Gasteiger charge is 2.57. The summed E-state index contributed by atoms with van der Waals surface area (Å²) in [6.45, 7) is 0.543. The third-order valence-corrected chi connectivity index (χ3v) is 9.20. The number of likely N-dealkylation sites (tertiary alicyclic amines) is 1. The van der Waals surface area contributed by atoms with Crippen LogP contribution in [0.4, 0.5) is 4.39 Å². The standard InChI is InChI=1S/C33H32ClFN4O/c34-24-15-13-21(14-16-24)30-29-31(22-7-6-8-25(35)19-22)38(18-17-23-20-36-28-12-5-4-11-27(23)28)33(40)32(29)39(37-30)26-9-2-1-3-10-26/h4-8,11-16,19-20,26,29,31-32,36H,1-3,9-10,17-18H2. The normalized spacial score (nSPS) is 23.2. The van der Waals surface area contributed by atoms with Crippen LogP contribution in [0.1, 0.15) is 54.8 Å². The summed E-state index contributed by atoms with van der Waals surface area (Å²) >= 11 is 6.24. The van der Waals surface area contributed by atoms with E-state index in [-0.39, 0.29) is 29.7 Å². The van der Waals surface area contributed by atoms with Gasteiger partial charge in [-0.1, -0.05) is 73.3 Å². The van der Waals surface area contributed by atoms with Crippen LogP contribution < -0.4 is 0 Å². The number of aromatic nitrogens is 1. The maximum atomic E-state index is 14.6. The van der Waals surface area contributed by atoms with E-state index in [9.17, 15) is 9.18 Å². The molecule has 204 valence electrons. The minimum Gasteiger partial charge on any atom is -0.361 e. The Bertz CT molecular complexity index is 1570. The van der Waals surface area contributed by atoms with E-state index < -0.39 is 6.04 Å². The lowest BCUT2D eigenvalue weighted by Gasteiger charge is -2.33. The SMILES string of the molecule is O=C1C2C(C(c3ccc(Cl)cc3)=NN2C2CCCCC2)C(c2cccc(F)c2)N1CCc1c[nH]c2ccccc12. The number of rotatable bonds is 6. The van der Waals surface area contributed by atoms with Gasteiger partial charge in [-0.2, -0.15) is 5.10 Å². The topological polar surface area (TPSA) is 51.7 Å². The molecule has 5 nitrogen and oxygen atoms in total. The lowest BCUT2D eigenvalue weighted by Crippen LogP contribution is -2.45. The monoisotopic (exact) mass is 554 g/mol. The van der Waals surface area contributed by atoms with Crippen molar-refractivity contribution in [2.45, 2.75) is 56.7 Å². The summed E-state index contributed by atoms with van der Waals surface area (Å²) in [6.07, 6.45) is 8.34. The van der Waals surface area contributed by atoms with Gasteiger partial charge in [0.2, 0.25) is 5.91 Å². The lowest BCUT2D eigenvalue weighted by atomic mass is 9.84. The molecule has 2 aliphatic heterocycles. The number of aromatic amines is 1. The highest BCUT2D eigenvalue weighted by molar-refractivity contribution is 6.30. The first-order valence-electron chi connectivity index (χ1n) is 14.3. The Morgan fingerprint density at radius 2 is 1.75 bits per heavy atom. The Balaban J connectivity index is 1.31. The van der Waals surface area contributed by atoms with Crippen molar-refractivity contribution < 1.29 is 9.18 Å². The Kier molecular flexibility index (Phi) is 6.59. The van der Waals surface area contributed by atoms with Crippen LogP contribution in [-0.2, 0) is 11.2 Å². The van der Waals surface area contributed by atoms with Crippen LogP contribution in [0.5, 0.6) is 0 Å². The molecule has 1 saturated carbocycles. The molecule has 0 bridgehead atoms. The maximum absolute atomic E-state index is 14.6. The van der Waals surface area contributed by atoms with Gasteiger partial charge in [0, 0.05) is 34.7 Å². The van der Waals surface area contributed by atoms with E-state index in [0.717, 1.165) is 48.0 Å². The largest absolute Gasteiger partial charge is 0.361 e. The maximum Gasteiger partial charge on any atom is 0.248 e. The molecule has 7 rings (SSSR count). The van der Waals surface area contributed by atoms with Crippen LogP contribution in [0.15, 0.2) is 84.1 Å². The second kappa shape index (κ2) is 10.4. The van der Waals surface area contributed by atoms with E-state index in [2.05, 4.69) is 22.1 Å². The number of nitrogens with zero attached hydrogens (tertiary/aromatic N) is 3. The molecule has 40 heavy (non-hydrogen) atoms. The number of fused-ring (bicyclic) bond motifs is 2. The highest BCUT2D eigenvalue weighted by atomic mass is 35.5. The third-order valence-electron chi connectivity index (χ3n) is 8.95. The fourth-order valence-electron chi connectivity index (χ4n) is 7.09. The van der Waals surface area contributed by atoms with Gasteiger partial charge in [-0.3, -0.25) is 9.80 Å². The smallest absolute Gasteiger partial charge is 0.248 e. The molecular weight excluding hydrogens is 523 g/mol. The first-order chi connectivity index (χ1) is 19.6. The van der Waals surface area contributed by atoms with E-state index in [4.69, 9.17) is 16.7 Å². The molecule has 1 aromatic heterocycles. The van der Waals surface area contributed by atoms with Gasteiger partial charge in [0.1, 0.15) is 11.9 Å². The summed E-state index contributed by atoms with van der Waals surface area (Å²) in [7, 11) is 0. The second-order valence-corrected chi connectivity index (χ2v) is 11.7. The number of para-hydroxylation sites is 1. The van der Waals surface area contributed by atoms with E-state index in [1.54, 1.807) is 12.1 Å². The van der Waals surface area contributed by atoms with Gasteiger partial charge in [0.25, 0.3) is 0 Å². The molecule has 3 aliphatic rings. The molecule has 4 aromatic rings. The van der Waals surface area contributed by atoms with E-state index in [0.29, 0.717) is 18.0 Å². The first-order valence-corrected chi connectivity index (χ1v) is 14.7. The molecule has 0 spiro atoms. The number of nitrogens with one attached hydrogen (secondary N) is 1. The summed E-state index contributed by atoms with van der Waals surface area (Å²) < 4.78 is 14.6. The predicted octanol–water partition coefficient (Wildman–Crippen LogP) is 7.12. The van der Waals surface area contributed by atoms with Crippen molar-refractivity contribution in [2.24, 2.45) is 11.0 Å². The minimum atomic E-state index is -0.398. The summed E-state index contributed by atoms with van der Waals surface area (Å²) in [4.78, 5) is 19.8. The Morgan fingerprint density at radius 3 is 2.55 bits per heavy atom. The Labute approximate surface area is 238 Å². The molecule has 3 unspecified atom stereocenters. The zero-order valence-corrected chi connectivity index (χ0v) is 23.0. The molecule has 3 heterocycles. The van der Waals surface area contributed by atoms with Gasteiger partial charge in [-0.15, -0.1) is 0 Å². The summed E-state index contributed by atoms with van der Waals surface area (Å²) in [5.74, 6) is -0.421. The molecule has 0 radical (unpaired) electrons. The van der Waals surface area contributed by atoms with E-state index >= 15 is 0 Å². The molecule has 3 aromatic carbocycles. The average Bonchev–Trinajstić information content (AvgIpc) is 3.65. The van der Waals surface area contributed by atoms with Crippen LogP contribution in [-0.4, -0.2) is 45.1 Å². The number of hydrogen-bond acceptors (Lipinski definition) is 3. The van der Waals surface area contributed by atoms with Crippen LogP contribution >= 0.6 is 11.6 Å². The highest BCUT2D eigenvalue weighted by Crippen LogP contribution is 2.48. The number of benzene rings is 3. The first kappa shape index (κ1) is 25.3. The second-order valence-electron chi connectivity index (χ2n) is 11.3. The zero-order chi connectivity index (χ0) is 27.2. The molecule has 3 atom stereocenters. The average molecular weight is 555 g/mol. The zero-order valence-electron chi connectivity index (χ0n) is 22.3. The number of hydrogen-bond donors (Lipinski definition) is 1. The fourth-order valence-corrected chi connectivity index (χ4v) is 7.21. The van der Waals surface area contributed by atoms with Crippen molar-refractivity contribution in [1.82, 2.24) is 14.9 Å². The van der Waals surface area contributed by atoms with Gasteiger partial charge < -0.3 is 9.88 Å². The van der Waals surface area contributed by atoms with Gasteiger partial charge >= 0.3 is 0 Å². The van der Waals surface area contributed by atoms with Crippen LogP contribution in [0, 0.1) is 11.7 Å². The van der Waals surface area contributed by atoms with Gasteiger partial charge in [0.15, 0.2) is 0 Å². The van der Waals surface area contributed by atoms with Crippen LogP contribution in [0.25, 0.3) is 10.9 Å². The van der Waals surface area contributed by atoms with Crippen molar-refractivity contribution >= 4 is 34.1 Å². The third kappa shape index (κ3) is 4.39. The van der Waals surface area contributed by atoms with Crippen molar-refractivity contribution in [1.29, 1.82) is 0 Å². The summed E-state index contributed by atoms with van der Waals surface area (Å²) in [5, 5.41) is 9.14. The van der Waals surface area contributed by atoms with Crippen LogP contribution in [0.2, 0.25) is 5.02 Å². The molecule has 1 aliphatic carbocycles. The van der Waals surface area contributed by atoms with E-state index in [1.165, 1.54) is 23.4 Å². The number of carbonyl (C=O) groups excluding carboxylic acids is 1. The molecule has 1 amide bonds. The molecule has 1 saturated heterocycles. The number of carbonyl (C=O) groups is 1. The summed E-state index contributed by atoms with van der Waals surface area (Å²) in [6, 6.07) is 22.2. The number of halogens is 2. The van der Waals surface area contributed by atoms with Gasteiger partial charge in [0.05, 0.1) is 17.7 Å². The molecule has 2 fully saturated rings. The van der Waals surface area contributed by atoms with Crippen molar-refractivity contribution in [3.63, 3.8) is 0 Å². The Morgan fingerprint density at radius 1 is 0.950 bits per heavy atom. The quantitative estimate of drug-likeness (QED) is 0.276. The van der Waals surface area contributed by atoms with Crippen molar-refractivity contribution in [3.05, 3.63) is 107 Å². The van der Waals surface area contributed by atoms with Crippen LogP contribution in [0.3, 0.4) is 0 Å². The predicted molar refractivity (Wildman–Crippen MR) is 157 cm³/mol.